The van der Waals surface area contributed by atoms with Gasteiger partial charge in [0.25, 0.3) is 0 Å². The molecule has 362 valence electrons. The number of hydrogen-bond donors (Lipinski definition) is 0. The third-order valence-corrected chi connectivity index (χ3v) is 24.1. The van der Waals surface area contributed by atoms with Crippen LogP contribution in [0.2, 0.25) is 0 Å². The molecule has 0 fully saturated rings. The highest BCUT2D eigenvalue weighted by atomic mass is 32.1. The van der Waals surface area contributed by atoms with Crippen molar-refractivity contribution in [1.82, 2.24) is 0 Å². The third kappa shape index (κ3) is 10.3. The van der Waals surface area contributed by atoms with Crippen molar-refractivity contribution in [2.75, 3.05) is 0 Å². The van der Waals surface area contributed by atoms with Crippen LogP contribution in [0.15, 0.2) is 132 Å². The van der Waals surface area contributed by atoms with Crippen molar-refractivity contribution < 1.29 is 0 Å². The first-order chi connectivity index (χ1) is 34.9. The minimum absolute atomic E-state index is 0.0120. The molecule has 0 aliphatic heterocycles. The minimum Gasteiger partial charge on any atom is -0.143 e. The maximum absolute atomic E-state index is 2.69. The second-order valence-corrected chi connectivity index (χ2v) is 27.9. The van der Waals surface area contributed by atoms with Crippen LogP contribution in [-0.2, 0) is 5.41 Å². The number of unbranched alkanes of at least 4 members (excludes halogenated alkanes) is 10. The van der Waals surface area contributed by atoms with Gasteiger partial charge in [-0.1, -0.05) is 115 Å². The fourth-order valence-electron chi connectivity index (χ4n) is 10.9. The molecule has 0 N–H and O–H groups in total. The predicted molar refractivity (Wildman–Crippen MR) is 325 cm³/mol. The average molecular weight is 1080 g/mol. The summed E-state index contributed by atoms with van der Waals surface area (Å²) >= 11 is 15.3. The lowest BCUT2D eigenvalue weighted by Gasteiger charge is -2.34. The number of hydrogen-bond acceptors (Lipinski definition) is 8. The van der Waals surface area contributed by atoms with Crippen molar-refractivity contribution in [3.05, 3.63) is 154 Å². The predicted octanol–water partition coefficient (Wildman–Crippen LogP) is 23.9. The smallest absolute Gasteiger partial charge is 0.0449 e. The Bertz CT molecular complexity index is 3110. The van der Waals surface area contributed by atoms with Gasteiger partial charge >= 0.3 is 0 Å². The van der Waals surface area contributed by atoms with Gasteiger partial charge in [-0.15, -0.1) is 90.7 Å². The van der Waals surface area contributed by atoms with Gasteiger partial charge in [0.15, 0.2) is 0 Å². The van der Waals surface area contributed by atoms with E-state index in [1.165, 1.54) is 192 Å². The fourth-order valence-corrected chi connectivity index (χ4v) is 19.1. The van der Waals surface area contributed by atoms with Gasteiger partial charge in [0, 0.05) is 73.7 Å². The lowest BCUT2D eigenvalue weighted by molar-refractivity contribution is 0.398. The van der Waals surface area contributed by atoms with Gasteiger partial charge in [-0.25, -0.2) is 0 Å². The molecule has 2 aromatic carbocycles. The molecule has 8 heteroatoms. The molecule has 0 saturated carbocycles. The van der Waals surface area contributed by atoms with E-state index in [9.17, 15) is 0 Å². The Kier molecular flexibility index (Phi) is 15.4. The Balaban J connectivity index is 0.935. The van der Waals surface area contributed by atoms with Crippen LogP contribution in [0.4, 0.5) is 0 Å². The van der Waals surface area contributed by atoms with Gasteiger partial charge in [0.2, 0.25) is 0 Å². The van der Waals surface area contributed by atoms with E-state index in [2.05, 4.69) is 160 Å². The van der Waals surface area contributed by atoms with Crippen molar-refractivity contribution in [3.8, 4) is 90.5 Å². The highest BCUT2D eigenvalue weighted by Gasteiger charge is 2.43. The molecule has 0 unspecified atom stereocenters. The Morgan fingerprint density at radius 3 is 0.930 bits per heavy atom. The summed E-state index contributed by atoms with van der Waals surface area (Å²) in [7, 11) is 0. The Morgan fingerprint density at radius 1 is 0.310 bits per heavy atom. The summed E-state index contributed by atoms with van der Waals surface area (Å²) in [4.78, 5) is 19.1. The maximum Gasteiger partial charge on any atom is 0.0449 e. The number of rotatable bonds is 22. The molecule has 71 heavy (non-hydrogen) atoms. The Hall–Kier alpha value is -3.96. The summed E-state index contributed by atoms with van der Waals surface area (Å²) in [6, 6.07) is 47.5. The molecule has 0 radical (unpaired) electrons. The molecule has 1 aliphatic rings. The van der Waals surface area contributed by atoms with Crippen molar-refractivity contribution in [3.63, 3.8) is 0 Å². The summed E-state index contributed by atoms with van der Waals surface area (Å²) in [6.45, 7) is 9.41. The Labute approximate surface area is 454 Å². The zero-order chi connectivity index (χ0) is 48.3. The molecule has 0 bridgehead atoms. The maximum atomic E-state index is 2.69. The quantitative estimate of drug-likeness (QED) is 0.0594. The topological polar surface area (TPSA) is 0 Å². The second-order valence-electron chi connectivity index (χ2n) is 19.5. The normalized spacial score (nSPS) is 12.8. The molecular weight excluding hydrogens is 1010 g/mol. The number of thiophene rings is 8. The van der Waals surface area contributed by atoms with E-state index >= 15 is 0 Å². The van der Waals surface area contributed by atoms with Gasteiger partial charge in [-0.2, -0.15) is 0 Å². The highest BCUT2D eigenvalue weighted by Crippen LogP contribution is 2.58. The van der Waals surface area contributed by atoms with Crippen molar-refractivity contribution in [1.29, 1.82) is 0 Å². The molecule has 10 aromatic rings. The van der Waals surface area contributed by atoms with E-state index in [0.717, 1.165) is 0 Å². The highest BCUT2D eigenvalue weighted by molar-refractivity contribution is 7.30. The van der Waals surface area contributed by atoms with Crippen LogP contribution in [0, 0.1) is 13.8 Å². The molecule has 8 heterocycles. The van der Waals surface area contributed by atoms with Gasteiger partial charge in [0.1, 0.15) is 0 Å². The lowest BCUT2D eigenvalue weighted by atomic mass is 9.69. The zero-order valence-electron chi connectivity index (χ0n) is 41.4. The number of fused-ring (bicyclic) bond motifs is 3. The molecule has 0 saturated heterocycles. The summed E-state index contributed by atoms with van der Waals surface area (Å²) in [6.07, 6.45) is 18.3. The van der Waals surface area contributed by atoms with Gasteiger partial charge in [-0.3, -0.25) is 0 Å². The molecule has 0 spiro atoms. The molecule has 0 atom stereocenters. The van der Waals surface area contributed by atoms with E-state index in [0.29, 0.717) is 0 Å². The summed E-state index contributed by atoms with van der Waals surface area (Å²) in [5.41, 5.74) is 11.7. The fraction of sp³-hybridized carbons (Fsp3) is 0.302. The largest absolute Gasteiger partial charge is 0.143 e. The van der Waals surface area contributed by atoms with Gasteiger partial charge < -0.3 is 0 Å². The number of aryl methyl sites for hydroxylation is 2. The molecule has 0 amide bonds. The summed E-state index contributed by atoms with van der Waals surface area (Å²) < 4.78 is 0. The van der Waals surface area contributed by atoms with Gasteiger partial charge in [-0.05, 0) is 179 Å². The van der Waals surface area contributed by atoms with E-state index in [-0.39, 0.29) is 5.41 Å². The molecule has 8 aromatic heterocycles. The van der Waals surface area contributed by atoms with Gasteiger partial charge in [0.05, 0.1) is 0 Å². The first-order valence-electron chi connectivity index (χ1n) is 25.9. The van der Waals surface area contributed by atoms with E-state index in [1.54, 1.807) is 11.1 Å². The van der Waals surface area contributed by atoms with Crippen LogP contribution in [0.25, 0.3) is 90.5 Å². The summed E-state index contributed by atoms with van der Waals surface area (Å²) in [5, 5.41) is 4.35. The van der Waals surface area contributed by atoms with Crippen LogP contribution < -0.4 is 0 Å². The van der Waals surface area contributed by atoms with Crippen molar-refractivity contribution in [2.24, 2.45) is 0 Å². The average Bonchev–Trinajstić information content (AvgIpc) is 4.23. The monoisotopic (exact) mass is 1070 g/mol. The van der Waals surface area contributed by atoms with Crippen LogP contribution in [0.3, 0.4) is 0 Å². The Morgan fingerprint density at radius 2 is 0.606 bits per heavy atom. The first kappa shape index (κ1) is 49.3. The van der Waals surface area contributed by atoms with Crippen LogP contribution in [0.1, 0.15) is 126 Å². The molecule has 11 rings (SSSR count). The van der Waals surface area contributed by atoms with Crippen molar-refractivity contribution in [2.45, 2.75) is 123 Å². The lowest BCUT2D eigenvalue weighted by Crippen LogP contribution is -2.26. The van der Waals surface area contributed by atoms with Crippen LogP contribution >= 0.6 is 90.7 Å². The summed E-state index contributed by atoms with van der Waals surface area (Å²) in [5.74, 6) is 0. The van der Waals surface area contributed by atoms with Crippen LogP contribution in [-0.4, -0.2) is 0 Å². The standard InChI is InChI=1S/C63H62S8/c1-5-7-9-11-13-15-33-63(34-16-14-12-10-8-6-2)47-39-43(49-21-23-55(66-49)57-29-31-61(70-57)59-27-25-53(68-59)51-19-17-35-64-51)41(3)37-45(47)46-38-42(4)44(40-48(46)63)50-22-24-56(67-50)58-30-32-62(71-58)60-28-26-54(69-60)52-20-18-36-65-52/h17-32,35-40H,5-16,33-34H2,1-4H3. The SMILES string of the molecule is CCCCCCCCC1(CCCCCCCC)c2cc(-c3ccc(-c4ccc(-c5ccc(-c6cccs6)s5)s4)s3)c(C)cc2-c2cc(C)c(-c3ccc(-c4ccc(-c5ccc(-c6cccs6)s5)s4)s3)cc21. The first-order valence-corrected chi connectivity index (χ1v) is 32.5. The van der Waals surface area contributed by atoms with Crippen molar-refractivity contribution >= 4 is 90.7 Å². The van der Waals surface area contributed by atoms with E-state index in [4.69, 9.17) is 0 Å². The minimum atomic E-state index is -0.0120. The molecular formula is C63H62S8. The van der Waals surface area contributed by atoms with E-state index in [1.807, 2.05) is 90.7 Å². The third-order valence-electron chi connectivity index (χ3n) is 14.6. The molecule has 1 aliphatic carbocycles. The number of benzene rings is 2. The molecule has 0 nitrogen and oxygen atoms in total. The van der Waals surface area contributed by atoms with Crippen LogP contribution in [0.5, 0.6) is 0 Å². The zero-order valence-corrected chi connectivity index (χ0v) is 47.9. The second kappa shape index (κ2) is 22.3. The van der Waals surface area contributed by atoms with E-state index < -0.39 is 0 Å².